The largest absolute Gasteiger partial charge is 0.352 e. The summed E-state index contributed by atoms with van der Waals surface area (Å²) in [5.74, 6) is -0.764. The lowest BCUT2D eigenvalue weighted by Gasteiger charge is -2.16. The van der Waals surface area contributed by atoms with Gasteiger partial charge in [-0.3, -0.25) is 14.6 Å². The minimum atomic E-state index is -0.278. The molecule has 2 aromatic rings. The standard InChI is InChI=1S/C22H26FN3O2/c23-18-9-7-16(8-10-18)11-13-25-21(27)17-12-14-24-20(15-17)22(28)26-19-5-3-1-2-4-6-19/h7-10,12,14-15,19H,1-6,11,13H2,(H,25,27)(H,26,28). The van der Waals surface area contributed by atoms with Crippen molar-refractivity contribution in [1.82, 2.24) is 15.6 Å². The summed E-state index contributed by atoms with van der Waals surface area (Å²) in [5, 5.41) is 5.87. The molecule has 2 amide bonds. The van der Waals surface area contributed by atoms with Crippen LogP contribution in [0.4, 0.5) is 4.39 Å². The molecule has 0 aliphatic heterocycles. The number of benzene rings is 1. The van der Waals surface area contributed by atoms with Gasteiger partial charge in [0.1, 0.15) is 11.5 Å². The van der Waals surface area contributed by atoms with E-state index in [1.165, 1.54) is 37.2 Å². The highest BCUT2D eigenvalue weighted by molar-refractivity contribution is 5.98. The lowest BCUT2D eigenvalue weighted by atomic mass is 10.1. The van der Waals surface area contributed by atoms with Gasteiger partial charge in [-0.1, -0.05) is 37.8 Å². The third kappa shape index (κ3) is 5.87. The summed E-state index contributed by atoms with van der Waals surface area (Å²) in [7, 11) is 0. The Morgan fingerprint density at radius 3 is 2.43 bits per heavy atom. The minimum Gasteiger partial charge on any atom is -0.352 e. The van der Waals surface area contributed by atoms with Gasteiger partial charge in [0, 0.05) is 24.3 Å². The lowest BCUT2D eigenvalue weighted by Crippen LogP contribution is -2.35. The Kier molecular flexibility index (Phi) is 7.12. The van der Waals surface area contributed by atoms with Crippen molar-refractivity contribution in [1.29, 1.82) is 0 Å². The number of carbonyl (C=O) groups is 2. The maximum Gasteiger partial charge on any atom is 0.270 e. The van der Waals surface area contributed by atoms with Crippen LogP contribution < -0.4 is 10.6 Å². The maximum absolute atomic E-state index is 12.9. The molecule has 0 unspecified atom stereocenters. The third-order valence-electron chi connectivity index (χ3n) is 5.06. The van der Waals surface area contributed by atoms with Gasteiger partial charge in [0.2, 0.25) is 0 Å². The summed E-state index contributed by atoms with van der Waals surface area (Å²) < 4.78 is 12.9. The second-order valence-electron chi connectivity index (χ2n) is 7.22. The molecule has 1 aliphatic carbocycles. The van der Waals surface area contributed by atoms with Crippen molar-refractivity contribution in [2.75, 3.05) is 6.54 Å². The van der Waals surface area contributed by atoms with Gasteiger partial charge in [-0.15, -0.1) is 0 Å². The van der Waals surface area contributed by atoms with Crippen molar-refractivity contribution in [2.45, 2.75) is 51.0 Å². The van der Waals surface area contributed by atoms with Crippen LogP contribution in [0.2, 0.25) is 0 Å². The van der Waals surface area contributed by atoms with Crippen LogP contribution in [-0.4, -0.2) is 29.4 Å². The summed E-state index contributed by atoms with van der Waals surface area (Å²) in [6.07, 6.45) is 8.79. The van der Waals surface area contributed by atoms with E-state index < -0.39 is 0 Å². The van der Waals surface area contributed by atoms with Crippen LogP contribution in [-0.2, 0) is 6.42 Å². The van der Waals surface area contributed by atoms with Gasteiger partial charge in [-0.2, -0.15) is 0 Å². The van der Waals surface area contributed by atoms with Crippen LogP contribution in [0.15, 0.2) is 42.6 Å². The molecule has 0 bridgehead atoms. The maximum atomic E-state index is 12.9. The smallest absolute Gasteiger partial charge is 0.270 e. The number of carbonyl (C=O) groups excluding carboxylic acids is 2. The Morgan fingerprint density at radius 1 is 1.00 bits per heavy atom. The molecule has 0 radical (unpaired) electrons. The fraction of sp³-hybridized carbons (Fsp3) is 0.409. The molecule has 5 nitrogen and oxygen atoms in total. The van der Waals surface area contributed by atoms with E-state index in [4.69, 9.17) is 0 Å². The van der Waals surface area contributed by atoms with Crippen molar-refractivity contribution in [2.24, 2.45) is 0 Å². The second kappa shape index (κ2) is 9.97. The van der Waals surface area contributed by atoms with Gasteiger partial charge in [0.05, 0.1) is 0 Å². The summed E-state index contributed by atoms with van der Waals surface area (Å²) in [4.78, 5) is 29.0. The average Bonchev–Trinajstić information content (AvgIpc) is 2.98. The van der Waals surface area contributed by atoms with Gasteiger partial charge in [0.15, 0.2) is 0 Å². The molecule has 0 saturated heterocycles. The molecule has 1 aromatic heterocycles. The minimum absolute atomic E-state index is 0.185. The molecular weight excluding hydrogens is 357 g/mol. The highest BCUT2D eigenvalue weighted by Crippen LogP contribution is 2.17. The highest BCUT2D eigenvalue weighted by Gasteiger charge is 2.17. The molecule has 28 heavy (non-hydrogen) atoms. The molecule has 0 atom stereocenters. The van der Waals surface area contributed by atoms with Crippen molar-refractivity contribution in [3.8, 4) is 0 Å². The number of aromatic nitrogens is 1. The summed E-state index contributed by atoms with van der Waals surface area (Å²) >= 11 is 0. The average molecular weight is 383 g/mol. The van der Waals surface area contributed by atoms with E-state index in [1.54, 1.807) is 18.2 Å². The Labute approximate surface area is 164 Å². The fourth-order valence-corrected chi connectivity index (χ4v) is 3.45. The van der Waals surface area contributed by atoms with Crippen molar-refractivity contribution in [3.63, 3.8) is 0 Å². The van der Waals surface area contributed by atoms with Crippen LogP contribution >= 0.6 is 0 Å². The molecule has 1 heterocycles. The first-order valence-electron chi connectivity index (χ1n) is 9.91. The third-order valence-corrected chi connectivity index (χ3v) is 5.06. The number of nitrogens with one attached hydrogen (secondary N) is 2. The van der Waals surface area contributed by atoms with E-state index in [1.807, 2.05) is 0 Å². The van der Waals surface area contributed by atoms with Gasteiger partial charge in [0.25, 0.3) is 11.8 Å². The van der Waals surface area contributed by atoms with Gasteiger partial charge < -0.3 is 10.6 Å². The number of rotatable bonds is 6. The SMILES string of the molecule is O=C(NCCc1ccc(F)cc1)c1ccnc(C(=O)NC2CCCCCC2)c1. The normalized spacial score (nSPS) is 14.9. The van der Waals surface area contributed by atoms with Gasteiger partial charge in [-0.05, 0) is 49.1 Å². The second-order valence-corrected chi connectivity index (χ2v) is 7.22. The number of nitrogens with zero attached hydrogens (tertiary/aromatic N) is 1. The van der Waals surface area contributed by atoms with Crippen molar-refractivity contribution < 1.29 is 14.0 Å². The van der Waals surface area contributed by atoms with E-state index in [0.717, 1.165) is 31.2 Å². The summed E-state index contributed by atoms with van der Waals surface area (Å²) in [6, 6.07) is 9.51. The van der Waals surface area contributed by atoms with Crippen molar-refractivity contribution >= 4 is 11.8 Å². The molecule has 2 N–H and O–H groups in total. The highest BCUT2D eigenvalue weighted by atomic mass is 19.1. The van der Waals surface area contributed by atoms with Crippen molar-refractivity contribution in [3.05, 3.63) is 65.2 Å². The number of halogens is 1. The molecule has 1 saturated carbocycles. The molecule has 148 valence electrons. The first-order valence-corrected chi connectivity index (χ1v) is 9.91. The molecule has 1 aromatic carbocycles. The molecule has 6 heteroatoms. The quantitative estimate of drug-likeness (QED) is 0.748. The Balaban J connectivity index is 1.53. The molecule has 3 rings (SSSR count). The van der Waals surface area contributed by atoms with E-state index in [-0.39, 0.29) is 29.4 Å². The Morgan fingerprint density at radius 2 is 1.71 bits per heavy atom. The predicted molar refractivity (Wildman–Crippen MR) is 106 cm³/mol. The lowest BCUT2D eigenvalue weighted by molar-refractivity contribution is 0.0928. The topological polar surface area (TPSA) is 71.1 Å². The molecule has 1 aliphatic rings. The van der Waals surface area contributed by atoms with E-state index in [9.17, 15) is 14.0 Å². The monoisotopic (exact) mass is 383 g/mol. The fourth-order valence-electron chi connectivity index (χ4n) is 3.45. The van der Waals surface area contributed by atoms with Crippen LogP contribution in [0.5, 0.6) is 0 Å². The van der Waals surface area contributed by atoms with Crippen LogP contribution in [0.25, 0.3) is 0 Å². The summed E-state index contributed by atoms with van der Waals surface area (Å²) in [6.45, 7) is 0.427. The van der Waals surface area contributed by atoms with Crippen LogP contribution in [0, 0.1) is 5.82 Å². The zero-order chi connectivity index (χ0) is 19.8. The molecular formula is C22H26FN3O2. The van der Waals surface area contributed by atoms with E-state index in [2.05, 4.69) is 15.6 Å². The Hall–Kier alpha value is -2.76. The number of hydrogen-bond acceptors (Lipinski definition) is 3. The van der Waals surface area contributed by atoms with Gasteiger partial charge in [-0.25, -0.2) is 4.39 Å². The first-order chi connectivity index (χ1) is 13.6. The molecule has 0 spiro atoms. The Bertz CT molecular complexity index is 800. The zero-order valence-corrected chi connectivity index (χ0v) is 15.9. The molecule has 1 fully saturated rings. The van der Waals surface area contributed by atoms with E-state index >= 15 is 0 Å². The summed E-state index contributed by atoms with van der Waals surface area (Å²) in [5.41, 5.74) is 1.61. The first kappa shape index (κ1) is 20.0. The number of pyridine rings is 1. The number of amides is 2. The van der Waals surface area contributed by atoms with Crippen LogP contribution in [0.3, 0.4) is 0 Å². The van der Waals surface area contributed by atoms with E-state index in [0.29, 0.717) is 18.5 Å². The van der Waals surface area contributed by atoms with Crippen LogP contribution in [0.1, 0.15) is 64.9 Å². The number of hydrogen-bond donors (Lipinski definition) is 2. The van der Waals surface area contributed by atoms with Gasteiger partial charge >= 0.3 is 0 Å². The predicted octanol–water partition coefficient (Wildman–Crippen LogP) is 3.65. The zero-order valence-electron chi connectivity index (χ0n) is 15.9.